The number of carbonyl (C=O) groups is 1. The van der Waals surface area contributed by atoms with Crippen LogP contribution in [0.2, 0.25) is 0 Å². The molecule has 1 fully saturated rings. The summed E-state index contributed by atoms with van der Waals surface area (Å²) in [6.45, 7) is 19.9. The van der Waals surface area contributed by atoms with E-state index in [0.717, 1.165) is 16.8 Å². The third-order valence-electron chi connectivity index (χ3n) is 4.60. The molecule has 0 N–H and O–H groups in total. The Hall–Kier alpha value is -2.86. The van der Waals surface area contributed by atoms with E-state index in [9.17, 15) is 10.1 Å². The lowest BCUT2D eigenvalue weighted by Gasteiger charge is -2.26. The van der Waals surface area contributed by atoms with E-state index in [4.69, 9.17) is 0 Å². The van der Waals surface area contributed by atoms with Gasteiger partial charge < -0.3 is 4.90 Å². The number of likely N-dealkylation sites (tertiary alicyclic amines) is 1. The van der Waals surface area contributed by atoms with Crippen LogP contribution in [0.1, 0.15) is 34.1 Å². The molecule has 1 aliphatic rings. The van der Waals surface area contributed by atoms with Gasteiger partial charge in [0.15, 0.2) is 11.2 Å². The minimum absolute atomic E-state index is 0.228. The predicted octanol–water partition coefficient (Wildman–Crippen LogP) is 5.40. The van der Waals surface area contributed by atoms with Crippen LogP contribution in [-0.2, 0) is 4.79 Å². The zero-order valence-corrected chi connectivity index (χ0v) is 16.3. The van der Waals surface area contributed by atoms with Crippen LogP contribution in [-0.4, -0.2) is 17.2 Å². The first kappa shape index (κ1) is 21.2. The van der Waals surface area contributed by atoms with Crippen molar-refractivity contribution >= 4 is 5.78 Å². The molecule has 0 saturated carbocycles. The Kier molecular flexibility index (Phi) is 7.34. The van der Waals surface area contributed by atoms with E-state index in [0.29, 0.717) is 24.2 Å². The van der Waals surface area contributed by atoms with Gasteiger partial charge in [-0.2, -0.15) is 5.26 Å². The Balaban J connectivity index is 3.39. The van der Waals surface area contributed by atoms with Gasteiger partial charge in [-0.25, -0.2) is 0 Å². The van der Waals surface area contributed by atoms with Crippen LogP contribution >= 0.6 is 0 Å². The molecule has 0 aliphatic carbocycles. The molecule has 26 heavy (non-hydrogen) atoms. The molecule has 3 heteroatoms. The summed E-state index contributed by atoms with van der Waals surface area (Å²) in [5.41, 5.74) is 2.53. The van der Waals surface area contributed by atoms with Crippen LogP contribution in [0, 0.1) is 16.7 Å². The Bertz CT molecular complexity index is 780. The quantitative estimate of drug-likeness (QED) is 0.457. The topological polar surface area (TPSA) is 44.1 Å². The second kappa shape index (κ2) is 9.01. The average Bonchev–Trinajstić information content (AvgIpc) is 2.96. The van der Waals surface area contributed by atoms with Crippen molar-refractivity contribution in [1.82, 2.24) is 4.90 Å². The number of nitrogens with zero attached hydrogens (tertiary/aromatic N) is 2. The monoisotopic (exact) mass is 348 g/mol. The molecule has 1 aliphatic heterocycles. The van der Waals surface area contributed by atoms with Crippen molar-refractivity contribution in [1.29, 1.82) is 5.26 Å². The van der Waals surface area contributed by atoms with Gasteiger partial charge in [-0.1, -0.05) is 49.6 Å². The number of hydrogen-bond acceptors (Lipinski definition) is 3. The summed E-state index contributed by atoms with van der Waals surface area (Å²) in [4.78, 5) is 15.2. The highest BCUT2D eigenvalue weighted by atomic mass is 16.1. The molecular weight excluding hydrogens is 320 g/mol. The fourth-order valence-electron chi connectivity index (χ4n) is 2.90. The van der Waals surface area contributed by atoms with Crippen molar-refractivity contribution in [2.24, 2.45) is 5.41 Å². The van der Waals surface area contributed by atoms with Gasteiger partial charge in [-0.05, 0) is 51.8 Å². The van der Waals surface area contributed by atoms with Gasteiger partial charge in [0.1, 0.15) is 0 Å². The third kappa shape index (κ3) is 4.03. The van der Waals surface area contributed by atoms with Crippen molar-refractivity contribution in [3.8, 4) is 6.07 Å². The number of hydrogen-bond donors (Lipinski definition) is 0. The second-order valence-electron chi connectivity index (χ2n) is 6.52. The van der Waals surface area contributed by atoms with Crippen molar-refractivity contribution in [2.45, 2.75) is 34.1 Å². The molecule has 136 valence electrons. The Morgan fingerprint density at radius 3 is 2.35 bits per heavy atom. The van der Waals surface area contributed by atoms with Crippen LogP contribution in [0.3, 0.4) is 0 Å². The fourth-order valence-corrected chi connectivity index (χ4v) is 2.90. The van der Waals surface area contributed by atoms with Crippen LogP contribution in [0.25, 0.3) is 0 Å². The molecule has 0 radical (unpaired) electrons. The number of allylic oxidation sites excluding steroid dienone is 10. The largest absolute Gasteiger partial charge is 0.344 e. The second-order valence-corrected chi connectivity index (χ2v) is 6.52. The van der Waals surface area contributed by atoms with Crippen molar-refractivity contribution in [2.75, 3.05) is 6.54 Å². The van der Waals surface area contributed by atoms with Crippen molar-refractivity contribution in [3.63, 3.8) is 0 Å². The zero-order chi connectivity index (χ0) is 19.9. The number of Topliss-reactive ketones (excluding diaryl/α,β-unsaturated/α-hetero) is 1. The summed E-state index contributed by atoms with van der Waals surface area (Å²) in [6.07, 6.45) is 11.1. The molecule has 1 heterocycles. The van der Waals surface area contributed by atoms with Gasteiger partial charge in [0, 0.05) is 23.5 Å². The van der Waals surface area contributed by atoms with E-state index >= 15 is 0 Å². The van der Waals surface area contributed by atoms with Crippen LogP contribution in [0.5, 0.6) is 0 Å². The minimum atomic E-state index is -1.27. The smallest absolute Gasteiger partial charge is 0.189 e. The van der Waals surface area contributed by atoms with E-state index in [2.05, 4.69) is 25.8 Å². The molecule has 0 amide bonds. The summed E-state index contributed by atoms with van der Waals surface area (Å²) < 4.78 is 0. The number of carbonyl (C=O) groups excluding carboxylic acids is 1. The normalized spacial score (nSPS) is 21.3. The molecule has 1 atom stereocenters. The third-order valence-corrected chi connectivity index (χ3v) is 4.60. The standard InChI is InChI=1S/C23H28N2O/c1-8-11-21(18(6)9-2)22(26)23(16-24)14-15-25(19(23)7)20(10-3)13-12-17(4)5/h8-13H,1,3,7,14-15H2,2,4-6H3/b18-9-,20-13+,21-11+. The van der Waals surface area contributed by atoms with Gasteiger partial charge >= 0.3 is 0 Å². The highest BCUT2D eigenvalue weighted by molar-refractivity contribution is 6.07. The molecule has 1 rings (SSSR count). The maximum atomic E-state index is 13.3. The molecule has 0 spiro atoms. The molecule has 0 bridgehead atoms. The lowest BCUT2D eigenvalue weighted by molar-refractivity contribution is -0.120. The molecule has 3 nitrogen and oxygen atoms in total. The SMILES string of the molecule is C=C/C=C(C(=O)C1(C#N)CCN(/C(C=C)=C/C=C(C)C)C1=C)\C(C)=C/C. The van der Waals surface area contributed by atoms with E-state index in [-0.39, 0.29) is 5.78 Å². The van der Waals surface area contributed by atoms with E-state index in [1.54, 1.807) is 18.2 Å². The highest BCUT2D eigenvalue weighted by Crippen LogP contribution is 2.44. The average molecular weight is 348 g/mol. The lowest BCUT2D eigenvalue weighted by Crippen LogP contribution is -2.32. The molecule has 0 aromatic rings. The van der Waals surface area contributed by atoms with E-state index in [1.165, 1.54) is 0 Å². The lowest BCUT2D eigenvalue weighted by atomic mass is 9.77. The number of nitriles is 1. The Morgan fingerprint density at radius 1 is 1.23 bits per heavy atom. The molecule has 1 unspecified atom stereocenters. The van der Waals surface area contributed by atoms with Crippen molar-refractivity contribution < 1.29 is 4.79 Å². The van der Waals surface area contributed by atoms with Gasteiger partial charge in [0.05, 0.1) is 6.07 Å². The summed E-state index contributed by atoms with van der Waals surface area (Å²) in [5.74, 6) is -0.228. The summed E-state index contributed by atoms with van der Waals surface area (Å²) in [7, 11) is 0. The summed E-state index contributed by atoms with van der Waals surface area (Å²) in [5, 5.41) is 9.93. The van der Waals surface area contributed by atoms with Gasteiger partial charge in [-0.15, -0.1) is 0 Å². The van der Waals surface area contributed by atoms with E-state index < -0.39 is 5.41 Å². The van der Waals surface area contributed by atoms with Gasteiger partial charge in [-0.3, -0.25) is 4.79 Å². The summed E-state index contributed by atoms with van der Waals surface area (Å²) >= 11 is 0. The molecule has 0 aromatic carbocycles. The maximum absolute atomic E-state index is 13.3. The van der Waals surface area contributed by atoms with E-state index in [1.807, 2.05) is 50.8 Å². The fraction of sp³-hybridized carbons (Fsp3) is 0.304. The first-order chi connectivity index (χ1) is 12.3. The first-order valence-electron chi connectivity index (χ1n) is 8.65. The molecular formula is C23H28N2O. The maximum Gasteiger partial charge on any atom is 0.189 e. The van der Waals surface area contributed by atoms with Crippen LogP contribution in [0.15, 0.2) is 84.3 Å². The Labute approximate surface area is 157 Å². The predicted molar refractivity (Wildman–Crippen MR) is 109 cm³/mol. The number of rotatable bonds is 7. The van der Waals surface area contributed by atoms with Crippen LogP contribution in [0.4, 0.5) is 0 Å². The van der Waals surface area contributed by atoms with Crippen molar-refractivity contribution in [3.05, 3.63) is 84.3 Å². The molecule has 0 aromatic heterocycles. The van der Waals surface area contributed by atoms with Crippen LogP contribution < -0.4 is 0 Å². The summed E-state index contributed by atoms with van der Waals surface area (Å²) in [6, 6.07) is 2.25. The van der Waals surface area contributed by atoms with Gasteiger partial charge in [0.25, 0.3) is 0 Å². The minimum Gasteiger partial charge on any atom is -0.344 e. The first-order valence-corrected chi connectivity index (χ1v) is 8.65. The number of ketones is 1. The van der Waals surface area contributed by atoms with Gasteiger partial charge in [0.2, 0.25) is 0 Å². The zero-order valence-electron chi connectivity index (χ0n) is 16.3. The Morgan fingerprint density at radius 2 is 1.88 bits per heavy atom. The molecule has 1 saturated heterocycles. The highest BCUT2D eigenvalue weighted by Gasteiger charge is 2.49.